The molecule has 0 amide bonds. The molecule has 0 unspecified atom stereocenters. The van der Waals surface area contributed by atoms with Crippen molar-refractivity contribution in [3.8, 4) is 0 Å². The van der Waals surface area contributed by atoms with E-state index in [1.54, 1.807) is 0 Å². The van der Waals surface area contributed by atoms with Gasteiger partial charge in [0.15, 0.2) is 0 Å². The Morgan fingerprint density at radius 3 is 2.00 bits per heavy atom. The molecular formula is C10H20N2. The van der Waals surface area contributed by atoms with Gasteiger partial charge in [0.05, 0.1) is 0 Å². The molecule has 2 nitrogen and oxygen atoms in total. The van der Waals surface area contributed by atoms with Gasteiger partial charge in [0, 0.05) is 25.2 Å². The topological polar surface area (TPSA) is 24.1 Å². The molecule has 0 spiro atoms. The Balaban J connectivity index is 1.69. The van der Waals surface area contributed by atoms with Crippen LogP contribution in [0.5, 0.6) is 0 Å². The van der Waals surface area contributed by atoms with Crippen LogP contribution in [0.15, 0.2) is 0 Å². The van der Waals surface area contributed by atoms with E-state index in [9.17, 15) is 0 Å². The first-order chi connectivity index (χ1) is 5.95. The molecule has 2 aliphatic rings. The highest BCUT2D eigenvalue weighted by Crippen LogP contribution is 2.17. The lowest BCUT2D eigenvalue weighted by atomic mass is 10.1. The van der Waals surface area contributed by atoms with Gasteiger partial charge in [0.25, 0.3) is 0 Å². The molecule has 0 radical (unpaired) electrons. The molecule has 12 heavy (non-hydrogen) atoms. The minimum absolute atomic E-state index is 0.785. The summed E-state index contributed by atoms with van der Waals surface area (Å²) in [5, 5.41) is 7.04. The van der Waals surface area contributed by atoms with Gasteiger partial charge in [-0.25, -0.2) is 0 Å². The summed E-state index contributed by atoms with van der Waals surface area (Å²) in [5.41, 5.74) is 0. The van der Waals surface area contributed by atoms with Crippen LogP contribution in [0.3, 0.4) is 0 Å². The molecule has 1 heterocycles. The summed E-state index contributed by atoms with van der Waals surface area (Å²) in [5.74, 6) is 0. The molecule has 0 aromatic heterocycles. The Kier molecular flexibility index (Phi) is 3.01. The monoisotopic (exact) mass is 168 g/mol. The molecule has 0 atom stereocenters. The highest BCUT2D eigenvalue weighted by atomic mass is 15.1. The number of rotatable bonds is 2. The van der Waals surface area contributed by atoms with E-state index >= 15 is 0 Å². The summed E-state index contributed by atoms with van der Waals surface area (Å²) < 4.78 is 0. The number of hydrogen-bond donors (Lipinski definition) is 2. The minimum Gasteiger partial charge on any atom is -0.314 e. The maximum Gasteiger partial charge on any atom is 0.0319 e. The fourth-order valence-electron chi connectivity index (χ4n) is 2.19. The SMILES string of the molecule is C1CCCC(NC2CNC2)CC1. The second kappa shape index (κ2) is 4.24. The highest BCUT2D eigenvalue weighted by molar-refractivity contribution is 4.85. The predicted molar refractivity (Wildman–Crippen MR) is 51.3 cm³/mol. The van der Waals surface area contributed by atoms with Gasteiger partial charge in [0.2, 0.25) is 0 Å². The van der Waals surface area contributed by atoms with Gasteiger partial charge in [-0.2, -0.15) is 0 Å². The average molecular weight is 168 g/mol. The van der Waals surface area contributed by atoms with Crippen molar-refractivity contribution in [2.24, 2.45) is 0 Å². The summed E-state index contributed by atoms with van der Waals surface area (Å²) in [6, 6.07) is 1.62. The second-order valence-corrected chi connectivity index (χ2v) is 4.21. The molecule has 1 saturated carbocycles. The van der Waals surface area contributed by atoms with Crippen molar-refractivity contribution in [1.82, 2.24) is 10.6 Å². The normalized spacial score (nSPS) is 28.0. The van der Waals surface area contributed by atoms with Crippen LogP contribution in [-0.2, 0) is 0 Å². The molecule has 0 bridgehead atoms. The van der Waals surface area contributed by atoms with Crippen LogP contribution in [0, 0.1) is 0 Å². The Morgan fingerprint density at radius 1 is 0.833 bits per heavy atom. The van der Waals surface area contributed by atoms with Crippen LogP contribution >= 0.6 is 0 Å². The largest absolute Gasteiger partial charge is 0.314 e. The zero-order valence-electron chi connectivity index (χ0n) is 7.81. The van der Waals surface area contributed by atoms with E-state index in [4.69, 9.17) is 0 Å². The van der Waals surface area contributed by atoms with E-state index in [2.05, 4.69) is 10.6 Å². The van der Waals surface area contributed by atoms with Crippen LogP contribution in [-0.4, -0.2) is 25.2 Å². The molecule has 1 saturated heterocycles. The summed E-state index contributed by atoms with van der Waals surface area (Å²) in [4.78, 5) is 0. The quantitative estimate of drug-likeness (QED) is 0.607. The summed E-state index contributed by atoms with van der Waals surface area (Å²) in [6.45, 7) is 2.38. The molecule has 0 aromatic carbocycles. The average Bonchev–Trinajstić information content (AvgIpc) is 2.24. The number of nitrogens with one attached hydrogen (secondary N) is 2. The molecular weight excluding hydrogens is 148 g/mol. The third-order valence-electron chi connectivity index (χ3n) is 3.11. The molecule has 1 aliphatic heterocycles. The molecule has 0 aromatic rings. The van der Waals surface area contributed by atoms with Crippen molar-refractivity contribution < 1.29 is 0 Å². The molecule has 2 N–H and O–H groups in total. The van der Waals surface area contributed by atoms with Crippen molar-refractivity contribution in [2.45, 2.75) is 50.6 Å². The third-order valence-corrected chi connectivity index (χ3v) is 3.11. The molecule has 2 heteroatoms. The third kappa shape index (κ3) is 2.20. The molecule has 2 rings (SSSR count). The first kappa shape index (κ1) is 8.52. The van der Waals surface area contributed by atoms with Crippen LogP contribution in [0.2, 0.25) is 0 Å². The van der Waals surface area contributed by atoms with E-state index < -0.39 is 0 Å². The second-order valence-electron chi connectivity index (χ2n) is 4.21. The van der Waals surface area contributed by atoms with Gasteiger partial charge in [0.1, 0.15) is 0 Å². The van der Waals surface area contributed by atoms with Crippen LogP contribution < -0.4 is 10.6 Å². The van der Waals surface area contributed by atoms with E-state index in [0.29, 0.717) is 0 Å². The standard InChI is InChI=1S/C10H20N2/c1-2-4-6-9(5-3-1)12-10-7-11-8-10/h9-12H,1-8H2. The number of hydrogen-bond acceptors (Lipinski definition) is 2. The first-order valence-electron chi connectivity index (χ1n) is 5.42. The lowest BCUT2D eigenvalue weighted by Crippen LogP contribution is -2.57. The predicted octanol–water partition coefficient (Wildman–Crippen LogP) is 1.27. The fraction of sp³-hybridized carbons (Fsp3) is 1.00. The van der Waals surface area contributed by atoms with Gasteiger partial charge < -0.3 is 10.6 Å². The van der Waals surface area contributed by atoms with Crippen molar-refractivity contribution in [1.29, 1.82) is 0 Å². The smallest absolute Gasteiger partial charge is 0.0319 e. The van der Waals surface area contributed by atoms with Gasteiger partial charge in [-0.15, -0.1) is 0 Å². The van der Waals surface area contributed by atoms with Crippen molar-refractivity contribution in [2.75, 3.05) is 13.1 Å². The van der Waals surface area contributed by atoms with Crippen molar-refractivity contribution in [3.05, 3.63) is 0 Å². The molecule has 2 fully saturated rings. The van der Waals surface area contributed by atoms with Crippen LogP contribution in [0.1, 0.15) is 38.5 Å². The van der Waals surface area contributed by atoms with Crippen molar-refractivity contribution >= 4 is 0 Å². The molecule has 1 aliphatic carbocycles. The van der Waals surface area contributed by atoms with Crippen LogP contribution in [0.25, 0.3) is 0 Å². The summed E-state index contributed by atoms with van der Waals surface area (Å²) in [6.07, 6.45) is 8.63. The Bertz CT molecular complexity index is 124. The lowest BCUT2D eigenvalue weighted by molar-refractivity contribution is 0.311. The van der Waals surface area contributed by atoms with E-state index in [0.717, 1.165) is 12.1 Å². The van der Waals surface area contributed by atoms with Crippen molar-refractivity contribution in [3.63, 3.8) is 0 Å². The minimum atomic E-state index is 0.785. The van der Waals surface area contributed by atoms with Gasteiger partial charge in [-0.3, -0.25) is 0 Å². The van der Waals surface area contributed by atoms with E-state index in [1.165, 1.54) is 51.6 Å². The van der Waals surface area contributed by atoms with E-state index in [1.807, 2.05) is 0 Å². The highest BCUT2D eigenvalue weighted by Gasteiger charge is 2.20. The summed E-state index contributed by atoms with van der Waals surface area (Å²) >= 11 is 0. The Morgan fingerprint density at radius 2 is 1.50 bits per heavy atom. The zero-order chi connectivity index (χ0) is 8.23. The molecule has 70 valence electrons. The Labute approximate surface area is 75.1 Å². The fourth-order valence-corrected chi connectivity index (χ4v) is 2.19. The van der Waals surface area contributed by atoms with Gasteiger partial charge in [-0.05, 0) is 12.8 Å². The Hall–Kier alpha value is -0.0800. The lowest BCUT2D eigenvalue weighted by Gasteiger charge is -2.32. The van der Waals surface area contributed by atoms with Gasteiger partial charge in [-0.1, -0.05) is 25.7 Å². The van der Waals surface area contributed by atoms with Gasteiger partial charge >= 0.3 is 0 Å². The van der Waals surface area contributed by atoms with Crippen LogP contribution in [0.4, 0.5) is 0 Å². The zero-order valence-corrected chi connectivity index (χ0v) is 7.81. The first-order valence-corrected chi connectivity index (χ1v) is 5.42. The van der Waals surface area contributed by atoms with E-state index in [-0.39, 0.29) is 0 Å². The maximum atomic E-state index is 3.73. The maximum absolute atomic E-state index is 3.73. The summed E-state index contributed by atoms with van der Waals surface area (Å²) in [7, 11) is 0.